The fourth-order valence-corrected chi connectivity index (χ4v) is 3.40. The molecule has 0 saturated carbocycles. The third-order valence-corrected chi connectivity index (χ3v) is 4.92. The molecule has 26 heavy (non-hydrogen) atoms. The van der Waals surface area contributed by atoms with E-state index in [4.69, 9.17) is 0 Å². The third kappa shape index (κ3) is 3.84. The minimum atomic E-state index is -0.173. The molecule has 1 atom stereocenters. The first-order valence-electron chi connectivity index (χ1n) is 8.90. The molecular weight excluding hydrogens is 331 g/mol. The summed E-state index contributed by atoms with van der Waals surface area (Å²) in [5, 5.41) is 0. The molecule has 0 radical (unpaired) electrons. The molecule has 1 fully saturated rings. The summed E-state index contributed by atoms with van der Waals surface area (Å²) in [7, 11) is 3.75. The van der Waals surface area contributed by atoms with Crippen LogP contribution in [0.5, 0.6) is 0 Å². The number of hydrogen-bond acceptors (Lipinski definition) is 4. The monoisotopic (exact) mass is 356 g/mol. The first-order chi connectivity index (χ1) is 12.3. The number of aryl methyl sites for hydroxylation is 2. The van der Waals surface area contributed by atoms with Crippen LogP contribution in [0.4, 0.5) is 10.3 Å². The molecular formula is C20H25FN4O. The van der Waals surface area contributed by atoms with Gasteiger partial charge in [0.2, 0.25) is 5.95 Å². The highest BCUT2D eigenvalue weighted by Gasteiger charge is 2.28. The van der Waals surface area contributed by atoms with Crippen molar-refractivity contribution in [2.75, 3.05) is 32.1 Å². The van der Waals surface area contributed by atoms with Crippen molar-refractivity contribution in [1.29, 1.82) is 0 Å². The zero-order chi connectivity index (χ0) is 18.8. The van der Waals surface area contributed by atoms with E-state index in [1.54, 1.807) is 13.1 Å². The van der Waals surface area contributed by atoms with Crippen LogP contribution in [0, 0.1) is 25.6 Å². The van der Waals surface area contributed by atoms with E-state index in [2.05, 4.69) is 9.97 Å². The molecule has 1 aliphatic heterocycles. The number of hydrogen-bond donors (Lipinski definition) is 0. The summed E-state index contributed by atoms with van der Waals surface area (Å²) in [6.07, 6.45) is 3.44. The quantitative estimate of drug-likeness (QED) is 0.845. The third-order valence-electron chi connectivity index (χ3n) is 4.92. The second-order valence-corrected chi connectivity index (χ2v) is 7.26. The molecule has 138 valence electrons. The molecule has 1 aromatic heterocycles. The fourth-order valence-electron chi connectivity index (χ4n) is 3.40. The van der Waals surface area contributed by atoms with Crippen molar-refractivity contribution in [2.24, 2.45) is 5.92 Å². The van der Waals surface area contributed by atoms with Gasteiger partial charge in [-0.25, -0.2) is 14.4 Å². The lowest BCUT2D eigenvalue weighted by atomic mass is 9.97. The van der Waals surface area contributed by atoms with Gasteiger partial charge in [0.15, 0.2) is 0 Å². The maximum absolute atomic E-state index is 13.4. The summed E-state index contributed by atoms with van der Waals surface area (Å²) in [5.74, 6) is 0.815. The van der Waals surface area contributed by atoms with Gasteiger partial charge in [-0.2, -0.15) is 0 Å². The SMILES string of the molecule is Cc1cc(CC2CCN(C(=O)c3cnc(N(C)C)nc3C)C2)ccc1F. The van der Waals surface area contributed by atoms with Crippen molar-refractivity contribution in [2.45, 2.75) is 26.7 Å². The minimum absolute atomic E-state index is 0.00871. The van der Waals surface area contributed by atoms with E-state index in [0.717, 1.165) is 24.9 Å². The first kappa shape index (κ1) is 18.3. The zero-order valence-electron chi connectivity index (χ0n) is 15.8. The van der Waals surface area contributed by atoms with Crippen LogP contribution in [0.25, 0.3) is 0 Å². The lowest BCUT2D eigenvalue weighted by molar-refractivity contribution is 0.0785. The van der Waals surface area contributed by atoms with Gasteiger partial charge in [0.05, 0.1) is 11.3 Å². The zero-order valence-corrected chi connectivity index (χ0v) is 15.8. The largest absolute Gasteiger partial charge is 0.347 e. The van der Waals surface area contributed by atoms with E-state index in [1.807, 2.05) is 43.0 Å². The Morgan fingerprint density at radius 2 is 2.12 bits per heavy atom. The van der Waals surface area contributed by atoms with Crippen molar-refractivity contribution in [1.82, 2.24) is 14.9 Å². The number of likely N-dealkylation sites (tertiary alicyclic amines) is 1. The second kappa shape index (κ2) is 7.40. The van der Waals surface area contributed by atoms with Crippen molar-refractivity contribution < 1.29 is 9.18 Å². The number of halogens is 1. The molecule has 0 spiro atoms. The number of carbonyl (C=O) groups is 1. The molecule has 2 heterocycles. The summed E-state index contributed by atoms with van der Waals surface area (Å²) >= 11 is 0. The predicted octanol–water partition coefficient (Wildman–Crippen LogP) is 3.00. The van der Waals surface area contributed by atoms with Crippen LogP contribution in [-0.2, 0) is 6.42 Å². The van der Waals surface area contributed by atoms with E-state index in [-0.39, 0.29) is 11.7 Å². The Balaban J connectivity index is 1.66. The Labute approximate surface area is 153 Å². The maximum atomic E-state index is 13.4. The van der Waals surface area contributed by atoms with Crippen LogP contribution < -0.4 is 4.90 Å². The highest BCUT2D eigenvalue weighted by molar-refractivity contribution is 5.95. The van der Waals surface area contributed by atoms with E-state index in [9.17, 15) is 9.18 Å². The highest BCUT2D eigenvalue weighted by Crippen LogP contribution is 2.24. The molecule has 1 saturated heterocycles. The van der Waals surface area contributed by atoms with Crippen molar-refractivity contribution in [3.63, 3.8) is 0 Å². The van der Waals surface area contributed by atoms with Crippen LogP contribution >= 0.6 is 0 Å². The average molecular weight is 356 g/mol. The first-order valence-corrected chi connectivity index (χ1v) is 8.90. The number of rotatable bonds is 4. The van der Waals surface area contributed by atoms with Gasteiger partial charge < -0.3 is 9.80 Å². The minimum Gasteiger partial charge on any atom is -0.347 e. The van der Waals surface area contributed by atoms with E-state index >= 15 is 0 Å². The van der Waals surface area contributed by atoms with Gasteiger partial charge in [-0.15, -0.1) is 0 Å². The van der Waals surface area contributed by atoms with Gasteiger partial charge in [-0.3, -0.25) is 4.79 Å². The molecule has 0 aliphatic carbocycles. The maximum Gasteiger partial charge on any atom is 0.257 e. The normalized spacial score (nSPS) is 16.8. The molecule has 1 amide bonds. The molecule has 0 N–H and O–H groups in total. The van der Waals surface area contributed by atoms with Crippen molar-refractivity contribution in [3.8, 4) is 0 Å². The molecule has 3 rings (SSSR count). The topological polar surface area (TPSA) is 49.3 Å². The van der Waals surface area contributed by atoms with Gasteiger partial charge in [0.25, 0.3) is 5.91 Å². The molecule has 0 bridgehead atoms. The number of amides is 1. The Bertz CT molecular complexity index is 821. The van der Waals surface area contributed by atoms with Crippen molar-refractivity contribution >= 4 is 11.9 Å². The number of benzene rings is 1. The fraction of sp³-hybridized carbons (Fsp3) is 0.450. The predicted molar refractivity (Wildman–Crippen MR) is 99.9 cm³/mol. The lowest BCUT2D eigenvalue weighted by Gasteiger charge is -2.18. The summed E-state index contributed by atoms with van der Waals surface area (Å²) in [6.45, 7) is 5.07. The average Bonchev–Trinajstić information content (AvgIpc) is 3.06. The van der Waals surface area contributed by atoms with Gasteiger partial charge in [0.1, 0.15) is 5.82 Å². The van der Waals surface area contributed by atoms with Gasteiger partial charge in [-0.05, 0) is 49.8 Å². The molecule has 2 aromatic rings. The van der Waals surface area contributed by atoms with Gasteiger partial charge in [-0.1, -0.05) is 12.1 Å². The Morgan fingerprint density at radius 3 is 2.77 bits per heavy atom. The van der Waals surface area contributed by atoms with Crippen LogP contribution in [0.2, 0.25) is 0 Å². The Kier molecular flexibility index (Phi) is 5.20. The summed E-state index contributed by atoms with van der Waals surface area (Å²) in [6, 6.07) is 5.26. The molecule has 5 nitrogen and oxygen atoms in total. The van der Waals surface area contributed by atoms with Crippen LogP contribution in [0.3, 0.4) is 0 Å². The van der Waals surface area contributed by atoms with Crippen LogP contribution in [-0.4, -0.2) is 48.0 Å². The lowest BCUT2D eigenvalue weighted by Crippen LogP contribution is -2.30. The van der Waals surface area contributed by atoms with Crippen LogP contribution in [0.15, 0.2) is 24.4 Å². The van der Waals surface area contributed by atoms with E-state index in [1.165, 1.54) is 6.07 Å². The highest BCUT2D eigenvalue weighted by atomic mass is 19.1. The van der Waals surface area contributed by atoms with Gasteiger partial charge in [0, 0.05) is 33.4 Å². The summed E-state index contributed by atoms with van der Waals surface area (Å²) < 4.78 is 13.4. The molecule has 1 unspecified atom stereocenters. The standard InChI is InChI=1S/C20H25FN4O/c1-13-9-15(5-6-18(13)21)10-16-7-8-25(12-16)19(26)17-11-22-20(24(3)4)23-14(17)2/h5-6,9,11,16H,7-8,10,12H2,1-4H3. The number of nitrogens with zero attached hydrogens (tertiary/aromatic N) is 4. The van der Waals surface area contributed by atoms with Gasteiger partial charge >= 0.3 is 0 Å². The molecule has 6 heteroatoms. The smallest absolute Gasteiger partial charge is 0.257 e. The van der Waals surface area contributed by atoms with Crippen molar-refractivity contribution in [3.05, 3.63) is 52.6 Å². The molecule has 1 aliphatic rings. The van der Waals surface area contributed by atoms with Crippen LogP contribution in [0.1, 0.15) is 33.6 Å². The number of carbonyl (C=O) groups excluding carboxylic acids is 1. The number of aromatic nitrogens is 2. The molecule has 1 aromatic carbocycles. The summed E-state index contributed by atoms with van der Waals surface area (Å²) in [4.78, 5) is 25.2. The number of anilines is 1. The van der Waals surface area contributed by atoms with E-state index < -0.39 is 0 Å². The van der Waals surface area contributed by atoms with E-state index in [0.29, 0.717) is 35.2 Å². The second-order valence-electron chi connectivity index (χ2n) is 7.26. The summed E-state index contributed by atoms with van der Waals surface area (Å²) in [5.41, 5.74) is 3.06. The Hall–Kier alpha value is -2.50. The Morgan fingerprint density at radius 1 is 1.35 bits per heavy atom.